The Kier molecular flexibility index (Phi) is 5.22. The first-order valence-corrected chi connectivity index (χ1v) is 8.13. The lowest BCUT2D eigenvalue weighted by Crippen LogP contribution is -2.47. The van der Waals surface area contributed by atoms with Gasteiger partial charge in [-0.3, -0.25) is 0 Å². The van der Waals surface area contributed by atoms with Crippen molar-refractivity contribution >= 4 is 23.4 Å². The van der Waals surface area contributed by atoms with Crippen molar-refractivity contribution in [3.63, 3.8) is 0 Å². The van der Waals surface area contributed by atoms with Crippen LogP contribution in [0.3, 0.4) is 0 Å². The number of nitrogens with one attached hydrogen (secondary N) is 1. The van der Waals surface area contributed by atoms with Crippen molar-refractivity contribution in [2.24, 2.45) is 0 Å². The summed E-state index contributed by atoms with van der Waals surface area (Å²) in [7, 11) is 0. The summed E-state index contributed by atoms with van der Waals surface area (Å²) in [6, 6.07) is 6.05. The van der Waals surface area contributed by atoms with Crippen molar-refractivity contribution < 1.29 is 9.53 Å². The lowest BCUT2D eigenvalue weighted by Gasteiger charge is -2.35. The zero-order valence-electron chi connectivity index (χ0n) is 13.8. The van der Waals surface area contributed by atoms with Crippen molar-refractivity contribution in [3.8, 4) is 0 Å². The van der Waals surface area contributed by atoms with Crippen LogP contribution in [-0.4, -0.2) is 35.7 Å². The van der Waals surface area contributed by atoms with Gasteiger partial charge in [0, 0.05) is 29.8 Å². The summed E-state index contributed by atoms with van der Waals surface area (Å²) in [4.78, 5) is 14.0. The number of nitrogens with zero attached hydrogens (tertiary/aromatic N) is 1. The quantitative estimate of drug-likeness (QED) is 0.873. The molecule has 1 aromatic rings. The van der Waals surface area contributed by atoms with Gasteiger partial charge in [-0.25, -0.2) is 4.79 Å². The standard InChI is InChI=1S/C17H25ClN2O2/c1-12-10-13(18)7-8-15(12)19-14-6-5-9-20(11-14)16(21)22-17(2,3)4/h7-8,10,14,19H,5-6,9,11H2,1-4H3. The Morgan fingerprint density at radius 3 is 2.77 bits per heavy atom. The number of aryl methyl sites for hydroxylation is 1. The Morgan fingerprint density at radius 2 is 2.14 bits per heavy atom. The molecule has 0 bridgehead atoms. The maximum absolute atomic E-state index is 12.2. The number of hydrogen-bond donors (Lipinski definition) is 1. The highest BCUT2D eigenvalue weighted by atomic mass is 35.5. The van der Waals surface area contributed by atoms with Crippen LogP contribution in [-0.2, 0) is 4.74 Å². The predicted octanol–water partition coefficient (Wildman–Crippen LogP) is 4.46. The van der Waals surface area contributed by atoms with Crippen molar-refractivity contribution in [2.75, 3.05) is 18.4 Å². The van der Waals surface area contributed by atoms with Gasteiger partial charge in [0.05, 0.1) is 0 Å². The average Bonchev–Trinajstić information content (AvgIpc) is 2.40. The van der Waals surface area contributed by atoms with Crippen LogP contribution in [0.4, 0.5) is 10.5 Å². The van der Waals surface area contributed by atoms with Gasteiger partial charge in [-0.2, -0.15) is 0 Å². The SMILES string of the molecule is Cc1cc(Cl)ccc1NC1CCCN(C(=O)OC(C)(C)C)C1. The first-order chi connectivity index (χ1) is 10.2. The smallest absolute Gasteiger partial charge is 0.410 e. The average molecular weight is 325 g/mol. The van der Waals surface area contributed by atoms with Crippen LogP contribution in [0.1, 0.15) is 39.2 Å². The monoisotopic (exact) mass is 324 g/mol. The van der Waals surface area contributed by atoms with Crippen molar-refractivity contribution in [1.29, 1.82) is 0 Å². The van der Waals surface area contributed by atoms with Crippen LogP contribution in [0.25, 0.3) is 0 Å². The Morgan fingerprint density at radius 1 is 1.41 bits per heavy atom. The highest BCUT2D eigenvalue weighted by molar-refractivity contribution is 6.30. The first kappa shape index (κ1) is 16.9. The van der Waals surface area contributed by atoms with E-state index in [1.54, 1.807) is 4.90 Å². The topological polar surface area (TPSA) is 41.6 Å². The highest BCUT2D eigenvalue weighted by Gasteiger charge is 2.27. The summed E-state index contributed by atoms with van der Waals surface area (Å²) < 4.78 is 5.46. The van der Waals surface area contributed by atoms with E-state index in [4.69, 9.17) is 16.3 Å². The minimum Gasteiger partial charge on any atom is -0.444 e. The van der Waals surface area contributed by atoms with Gasteiger partial charge in [0.25, 0.3) is 0 Å². The Labute approximate surface area is 137 Å². The van der Waals surface area contributed by atoms with Gasteiger partial charge in [-0.05, 0) is 64.3 Å². The summed E-state index contributed by atoms with van der Waals surface area (Å²) in [5.41, 5.74) is 1.73. The fourth-order valence-corrected chi connectivity index (χ4v) is 2.82. The summed E-state index contributed by atoms with van der Waals surface area (Å²) in [5, 5.41) is 4.25. The third kappa shape index (κ3) is 4.80. The molecule has 0 aliphatic carbocycles. The summed E-state index contributed by atoms with van der Waals surface area (Å²) in [6.07, 6.45) is 1.79. The number of anilines is 1. The van der Waals surface area contributed by atoms with E-state index < -0.39 is 5.60 Å². The largest absolute Gasteiger partial charge is 0.444 e. The van der Waals surface area contributed by atoms with E-state index in [-0.39, 0.29) is 12.1 Å². The minimum atomic E-state index is -0.454. The second-order valence-electron chi connectivity index (χ2n) is 6.87. The number of likely N-dealkylation sites (tertiary alicyclic amines) is 1. The fraction of sp³-hybridized carbons (Fsp3) is 0.588. The molecule has 122 valence electrons. The molecule has 1 aliphatic rings. The molecule has 1 fully saturated rings. The molecule has 1 saturated heterocycles. The van der Waals surface area contributed by atoms with E-state index in [0.29, 0.717) is 6.54 Å². The van der Waals surface area contributed by atoms with Crippen molar-refractivity contribution in [1.82, 2.24) is 4.90 Å². The molecule has 1 amide bonds. The van der Waals surface area contributed by atoms with E-state index >= 15 is 0 Å². The number of benzene rings is 1. The van der Waals surface area contributed by atoms with Gasteiger partial charge >= 0.3 is 6.09 Å². The number of halogens is 1. The Hall–Kier alpha value is -1.42. The second-order valence-corrected chi connectivity index (χ2v) is 7.31. The van der Waals surface area contributed by atoms with Crippen molar-refractivity contribution in [2.45, 2.75) is 52.2 Å². The van der Waals surface area contributed by atoms with E-state index in [0.717, 1.165) is 35.7 Å². The molecule has 1 N–H and O–H groups in total. The highest BCUT2D eigenvalue weighted by Crippen LogP contribution is 2.23. The minimum absolute atomic E-state index is 0.230. The third-order valence-corrected chi connectivity index (χ3v) is 3.86. The maximum Gasteiger partial charge on any atom is 0.410 e. The zero-order chi connectivity index (χ0) is 16.3. The fourth-order valence-electron chi connectivity index (χ4n) is 2.60. The van der Waals surface area contributed by atoms with Crippen LogP contribution in [0, 0.1) is 6.92 Å². The van der Waals surface area contributed by atoms with E-state index in [1.807, 2.05) is 45.9 Å². The van der Waals surface area contributed by atoms with Crippen LogP contribution in [0.15, 0.2) is 18.2 Å². The molecular formula is C17H25ClN2O2. The van der Waals surface area contributed by atoms with Crippen LogP contribution in [0.2, 0.25) is 5.02 Å². The molecule has 1 heterocycles. The molecule has 0 spiro atoms. The Bertz CT molecular complexity index is 540. The van der Waals surface area contributed by atoms with E-state index in [2.05, 4.69) is 5.32 Å². The van der Waals surface area contributed by atoms with Crippen molar-refractivity contribution in [3.05, 3.63) is 28.8 Å². The van der Waals surface area contributed by atoms with Gasteiger partial charge in [0.1, 0.15) is 5.60 Å². The molecule has 1 aromatic carbocycles. The molecule has 1 unspecified atom stereocenters. The summed E-state index contributed by atoms with van der Waals surface area (Å²) in [5.74, 6) is 0. The van der Waals surface area contributed by atoms with E-state index in [1.165, 1.54) is 0 Å². The Balaban J connectivity index is 1.97. The number of rotatable bonds is 2. The summed E-state index contributed by atoms with van der Waals surface area (Å²) in [6.45, 7) is 9.12. The number of piperidine rings is 1. The van der Waals surface area contributed by atoms with Crippen LogP contribution < -0.4 is 5.32 Å². The molecule has 1 atom stereocenters. The van der Waals surface area contributed by atoms with Crippen LogP contribution in [0.5, 0.6) is 0 Å². The normalized spacial score (nSPS) is 19.0. The molecule has 5 heteroatoms. The molecule has 0 aromatic heterocycles. The lowest BCUT2D eigenvalue weighted by molar-refractivity contribution is 0.0206. The molecule has 22 heavy (non-hydrogen) atoms. The first-order valence-electron chi connectivity index (χ1n) is 7.75. The number of amides is 1. The molecule has 1 aliphatic heterocycles. The molecule has 0 radical (unpaired) electrons. The van der Waals surface area contributed by atoms with Gasteiger partial charge in [0.15, 0.2) is 0 Å². The maximum atomic E-state index is 12.2. The number of hydrogen-bond acceptors (Lipinski definition) is 3. The van der Waals surface area contributed by atoms with Gasteiger partial charge < -0.3 is 15.0 Å². The van der Waals surface area contributed by atoms with Gasteiger partial charge in [-0.15, -0.1) is 0 Å². The summed E-state index contributed by atoms with van der Waals surface area (Å²) >= 11 is 5.99. The van der Waals surface area contributed by atoms with Gasteiger partial charge in [0.2, 0.25) is 0 Å². The molecule has 0 saturated carbocycles. The third-order valence-electron chi connectivity index (χ3n) is 3.62. The van der Waals surface area contributed by atoms with E-state index in [9.17, 15) is 4.79 Å². The second kappa shape index (κ2) is 6.78. The number of carbonyl (C=O) groups is 1. The van der Waals surface area contributed by atoms with Gasteiger partial charge in [-0.1, -0.05) is 11.6 Å². The molecular weight excluding hydrogens is 300 g/mol. The number of carbonyl (C=O) groups excluding carboxylic acids is 1. The lowest BCUT2D eigenvalue weighted by atomic mass is 10.0. The number of ether oxygens (including phenoxy) is 1. The molecule has 2 rings (SSSR count). The molecule has 4 nitrogen and oxygen atoms in total. The van der Waals surface area contributed by atoms with Crippen LogP contribution >= 0.6 is 11.6 Å². The predicted molar refractivity (Wildman–Crippen MR) is 90.6 cm³/mol. The zero-order valence-corrected chi connectivity index (χ0v) is 14.5.